The molecule has 0 spiro atoms. The fourth-order valence-corrected chi connectivity index (χ4v) is 3.27. The molecule has 1 aromatic heterocycles. The fourth-order valence-electron chi connectivity index (χ4n) is 2.25. The van der Waals surface area contributed by atoms with Crippen LogP contribution in [0.2, 0.25) is 0 Å². The van der Waals surface area contributed by atoms with E-state index in [1.807, 2.05) is 11.3 Å². The van der Waals surface area contributed by atoms with Crippen molar-refractivity contribution in [2.45, 2.75) is 63.8 Å². The monoisotopic (exact) mass is 238 g/mol. The van der Waals surface area contributed by atoms with Gasteiger partial charge in [-0.3, -0.25) is 0 Å². The van der Waals surface area contributed by atoms with Crippen molar-refractivity contribution in [3.8, 4) is 0 Å². The number of nitrogens with two attached hydrogens (primary N) is 1. The maximum atomic E-state index is 5.99. The highest BCUT2D eigenvalue weighted by atomic mass is 32.1. The van der Waals surface area contributed by atoms with E-state index >= 15 is 0 Å². The zero-order valence-electron chi connectivity index (χ0n) is 10.3. The molecule has 90 valence electrons. The van der Waals surface area contributed by atoms with Gasteiger partial charge in [-0.15, -0.1) is 11.3 Å². The lowest BCUT2D eigenvalue weighted by Crippen LogP contribution is -2.32. The molecule has 2 rings (SSSR count). The van der Waals surface area contributed by atoms with Crippen LogP contribution in [0.3, 0.4) is 0 Å². The fraction of sp³-hybridized carbons (Fsp3) is 0.769. The molecule has 3 heteroatoms. The molecule has 1 aromatic rings. The molecule has 1 heterocycles. The number of rotatable bonds is 4. The van der Waals surface area contributed by atoms with E-state index in [2.05, 4.69) is 19.2 Å². The molecule has 2 N–H and O–H groups in total. The van der Waals surface area contributed by atoms with Gasteiger partial charge in [0, 0.05) is 16.8 Å². The van der Waals surface area contributed by atoms with E-state index in [0.717, 1.165) is 18.8 Å². The second kappa shape index (κ2) is 4.84. The number of hydrogen-bond donors (Lipinski definition) is 1. The molecular formula is C13H22N2S. The Morgan fingerprint density at radius 3 is 2.75 bits per heavy atom. The van der Waals surface area contributed by atoms with Gasteiger partial charge in [0.15, 0.2) is 0 Å². The van der Waals surface area contributed by atoms with E-state index in [0.29, 0.717) is 0 Å². The second-order valence-electron chi connectivity index (χ2n) is 5.65. The zero-order chi connectivity index (χ0) is 11.6. The maximum Gasteiger partial charge on any atom is 0.0959 e. The van der Waals surface area contributed by atoms with Crippen molar-refractivity contribution in [2.75, 3.05) is 0 Å². The average Bonchev–Trinajstić information content (AvgIpc) is 2.84. The number of hydrogen-bond acceptors (Lipinski definition) is 3. The molecule has 1 aliphatic carbocycles. The van der Waals surface area contributed by atoms with Crippen LogP contribution in [-0.4, -0.2) is 10.5 Å². The highest BCUT2D eigenvalue weighted by Gasteiger charge is 2.20. The molecule has 0 radical (unpaired) electrons. The number of thiazole rings is 1. The van der Waals surface area contributed by atoms with Crippen molar-refractivity contribution < 1.29 is 0 Å². The first-order valence-electron chi connectivity index (χ1n) is 6.28. The predicted molar refractivity (Wildman–Crippen MR) is 69.9 cm³/mol. The summed E-state index contributed by atoms with van der Waals surface area (Å²) >= 11 is 1.85. The van der Waals surface area contributed by atoms with E-state index in [-0.39, 0.29) is 5.54 Å². The van der Waals surface area contributed by atoms with Crippen LogP contribution in [0, 0.1) is 0 Å². The van der Waals surface area contributed by atoms with E-state index < -0.39 is 0 Å². The van der Waals surface area contributed by atoms with Crippen LogP contribution in [0.1, 0.15) is 62.6 Å². The molecule has 2 nitrogen and oxygen atoms in total. The van der Waals surface area contributed by atoms with E-state index in [1.54, 1.807) is 0 Å². The molecule has 1 fully saturated rings. The quantitative estimate of drug-likeness (QED) is 0.872. The van der Waals surface area contributed by atoms with Gasteiger partial charge in [0.2, 0.25) is 0 Å². The molecule has 0 atom stereocenters. The number of aryl methyl sites for hydroxylation is 1. The molecule has 0 bridgehead atoms. The molecule has 1 aliphatic rings. The first kappa shape index (κ1) is 12.1. The van der Waals surface area contributed by atoms with Crippen LogP contribution < -0.4 is 5.73 Å². The van der Waals surface area contributed by atoms with Crippen LogP contribution in [0.25, 0.3) is 0 Å². The Labute approximate surface area is 102 Å². The van der Waals surface area contributed by atoms with Crippen LogP contribution in [0.4, 0.5) is 0 Å². The third-order valence-electron chi connectivity index (χ3n) is 3.30. The van der Waals surface area contributed by atoms with Gasteiger partial charge in [0.05, 0.1) is 10.7 Å². The van der Waals surface area contributed by atoms with Gasteiger partial charge < -0.3 is 5.73 Å². The van der Waals surface area contributed by atoms with Crippen molar-refractivity contribution in [1.29, 1.82) is 0 Å². The largest absolute Gasteiger partial charge is 0.326 e. The minimum Gasteiger partial charge on any atom is -0.326 e. The van der Waals surface area contributed by atoms with Gasteiger partial charge in [-0.25, -0.2) is 4.98 Å². The SMILES string of the molecule is CC(C)(N)CCc1csc(C2CCCC2)n1. The Morgan fingerprint density at radius 2 is 2.12 bits per heavy atom. The van der Waals surface area contributed by atoms with E-state index in [1.165, 1.54) is 36.4 Å². The summed E-state index contributed by atoms with van der Waals surface area (Å²) in [6.07, 6.45) is 7.49. The lowest BCUT2D eigenvalue weighted by molar-refractivity contribution is 0.474. The summed E-state index contributed by atoms with van der Waals surface area (Å²) < 4.78 is 0. The van der Waals surface area contributed by atoms with E-state index in [4.69, 9.17) is 10.7 Å². The Hall–Kier alpha value is -0.410. The van der Waals surface area contributed by atoms with Gasteiger partial charge in [0.25, 0.3) is 0 Å². The molecule has 0 saturated heterocycles. The maximum absolute atomic E-state index is 5.99. The summed E-state index contributed by atoms with van der Waals surface area (Å²) in [6.45, 7) is 4.16. The lowest BCUT2D eigenvalue weighted by atomic mass is 9.99. The molecular weight excluding hydrogens is 216 g/mol. The molecule has 1 saturated carbocycles. The molecule has 0 aliphatic heterocycles. The number of nitrogens with zero attached hydrogens (tertiary/aromatic N) is 1. The Bertz CT molecular complexity index is 332. The van der Waals surface area contributed by atoms with Gasteiger partial charge in [-0.05, 0) is 39.5 Å². The van der Waals surface area contributed by atoms with Crippen LogP contribution in [0.5, 0.6) is 0 Å². The van der Waals surface area contributed by atoms with Crippen LogP contribution in [-0.2, 0) is 6.42 Å². The van der Waals surface area contributed by atoms with Gasteiger partial charge in [-0.1, -0.05) is 12.8 Å². The van der Waals surface area contributed by atoms with E-state index in [9.17, 15) is 0 Å². The normalized spacial score (nSPS) is 18.2. The van der Waals surface area contributed by atoms with Crippen LogP contribution in [0.15, 0.2) is 5.38 Å². The molecule has 0 amide bonds. The summed E-state index contributed by atoms with van der Waals surface area (Å²) in [4.78, 5) is 4.76. The first-order chi connectivity index (χ1) is 7.54. The molecule has 16 heavy (non-hydrogen) atoms. The summed E-state index contributed by atoms with van der Waals surface area (Å²) in [5.74, 6) is 0.754. The average molecular weight is 238 g/mol. The second-order valence-corrected chi connectivity index (χ2v) is 6.54. The topological polar surface area (TPSA) is 38.9 Å². The van der Waals surface area contributed by atoms with Crippen LogP contribution >= 0.6 is 11.3 Å². The predicted octanol–water partition coefficient (Wildman–Crippen LogP) is 3.47. The Morgan fingerprint density at radius 1 is 1.44 bits per heavy atom. The summed E-state index contributed by atoms with van der Waals surface area (Å²) in [5, 5.41) is 3.58. The molecule has 0 unspecified atom stereocenters. The van der Waals surface area contributed by atoms with Gasteiger partial charge >= 0.3 is 0 Å². The first-order valence-corrected chi connectivity index (χ1v) is 7.16. The highest BCUT2D eigenvalue weighted by Crippen LogP contribution is 2.35. The zero-order valence-corrected chi connectivity index (χ0v) is 11.1. The standard InChI is InChI=1S/C13H22N2S/c1-13(2,14)8-7-11-9-16-12(15-11)10-5-3-4-6-10/h9-10H,3-8,14H2,1-2H3. The van der Waals surface area contributed by atoms with Crippen molar-refractivity contribution >= 4 is 11.3 Å². The minimum absolute atomic E-state index is 0.0723. The highest BCUT2D eigenvalue weighted by molar-refractivity contribution is 7.09. The smallest absolute Gasteiger partial charge is 0.0959 e. The van der Waals surface area contributed by atoms with Crippen molar-refractivity contribution in [1.82, 2.24) is 4.98 Å². The Balaban J connectivity index is 1.91. The van der Waals surface area contributed by atoms with Gasteiger partial charge in [-0.2, -0.15) is 0 Å². The van der Waals surface area contributed by atoms with Crippen molar-refractivity contribution in [2.24, 2.45) is 5.73 Å². The lowest BCUT2D eigenvalue weighted by Gasteiger charge is -2.16. The minimum atomic E-state index is -0.0723. The summed E-state index contributed by atoms with van der Waals surface area (Å²) in [6, 6.07) is 0. The molecule has 0 aromatic carbocycles. The summed E-state index contributed by atoms with van der Waals surface area (Å²) in [5.41, 5.74) is 7.16. The third-order valence-corrected chi connectivity index (χ3v) is 4.36. The van der Waals surface area contributed by atoms with Gasteiger partial charge in [0.1, 0.15) is 0 Å². The third kappa shape index (κ3) is 3.29. The van der Waals surface area contributed by atoms with Crippen molar-refractivity contribution in [3.05, 3.63) is 16.1 Å². The van der Waals surface area contributed by atoms with Crippen molar-refractivity contribution in [3.63, 3.8) is 0 Å². The number of aromatic nitrogens is 1. The Kier molecular flexibility index (Phi) is 3.65. The summed E-state index contributed by atoms with van der Waals surface area (Å²) in [7, 11) is 0.